The predicted molar refractivity (Wildman–Crippen MR) is 97.7 cm³/mol. The highest BCUT2D eigenvalue weighted by atomic mass is 32.2. The Morgan fingerprint density at radius 2 is 1.84 bits per heavy atom. The Morgan fingerprint density at radius 3 is 2.48 bits per heavy atom. The van der Waals surface area contributed by atoms with Crippen molar-refractivity contribution < 1.29 is 9.15 Å². The molecule has 25 heavy (non-hydrogen) atoms. The molecule has 1 aromatic heterocycles. The third-order valence-corrected chi connectivity index (χ3v) is 4.48. The molecule has 0 aliphatic heterocycles. The first-order valence-electron chi connectivity index (χ1n) is 8.08. The van der Waals surface area contributed by atoms with Gasteiger partial charge in [0.2, 0.25) is 11.0 Å². The number of nitriles is 1. The van der Waals surface area contributed by atoms with Crippen LogP contribution in [0.4, 0.5) is 0 Å². The second-order valence-corrected chi connectivity index (χ2v) is 6.60. The van der Waals surface area contributed by atoms with Gasteiger partial charge in [0, 0.05) is 10.5 Å². The number of rotatable bonds is 6. The van der Waals surface area contributed by atoms with E-state index in [0.717, 1.165) is 22.6 Å². The molecule has 0 saturated carbocycles. The lowest BCUT2D eigenvalue weighted by Gasteiger charge is -2.04. The first-order chi connectivity index (χ1) is 12.2. The van der Waals surface area contributed by atoms with Gasteiger partial charge in [-0.15, -0.1) is 0 Å². The van der Waals surface area contributed by atoms with Crippen LogP contribution in [0.1, 0.15) is 24.6 Å². The fourth-order valence-electron chi connectivity index (χ4n) is 2.20. The van der Waals surface area contributed by atoms with E-state index in [1.165, 1.54) is 17.3 Å². The van der Waals surface area contributed by atoms with Crippen molar-refractivity contribution in [2.75, 3.05) is 6.61 Å². The molecule has 0 spiro atoms. The Hall–Kier alpha value is -2.71. The highest BCUT2D eigenvalue weighted by Gasteiger charge is 2.16. The molecule has 0 saturated heterocycles. The molecule has 4 nitrogen and oxygen atoms in total. The Morgan fingerprint density at radius 1 is 1.12 bits per heavy atom. The fourth-order valence-corrected chi connectivity index (χ4v) is 2.99. The number of aryl methyl sites for hydroxylation is 1. The standard InChI is InChI=1S/C20H18N2O2S/c1-3-12-23-16-8-6-15(7-9-16)19-22-18(13-21)20(24-19)25-17-10-4-14(2)5-11-17/h4-11H,3,12H2,1-2H3. The molecule has 0 aliphatic rings. The van der Waals surface area contributed by atoms with Crippen LogP contribution in [0.15, 0.2) is 62.9 Å². The molecule has 0 fully saturated rings. The molecular formula is C20H18N2O2S. The van der Waals surface area contributed by atoms with Crippen molar-refractivity contribution in [3.63, 3.8) is 0 Å². The van der Waals surface area contributed by atoms with Crippen LogP contribution < -0.4 is 4.74 Å². The fraction of sp³-hybridized carbons (Fsp3) is 0.200. The summed E-state index contributed by atoms with van der Waals surface area (Å²) >= 11 is 1.40. The molecule has 1 heterocycles. The van der Waals surface area contributed by atoms with E-state index in [9.17, 15) is 5.26 Å². The first-order valence-corrected chi connectivity index (χ1v) is 8.90. The number of hydrogen-bond donors (Lipinski definition) is 0. The van der Waals surface area contributed by atoms with Gasteiger partial charge in [-0.1, -0.05) is 24.6 Å². The molecule has 0 amide bonds. The average molecular weight is 350 g/mol. The Balaban J connectivity index is 1.82. The van der Waals surface area contributed by atoms with Crippen LogP contribution in [0.5, 0.6) is 5.75 Å². The van der Waals surface area contributed by atoms with Gasteiger partial charge in [0.1, 0.15) is 11.8 Å². The summed E-state index contributed by atoms with van der Waals surface area (Å²) in [4.78, 5) is 5.32. The van der Waals surface area contributed by atoms with Crippen molar-refractivity contribution in [1.29, 1.82) is 5.26 Å². The van der Waals surface area contributed by atoms with Crippen LogP contribution in [-0.4, -0.2) is 11.6 Å². The van der Waals surface area contributed by atoms with Gasteiger partial charge in [0.15, 0.2) is 5.69 Å². The molecule has 3 aromatic rings. The van der Waals surface area contributed by atoms with Crippen LogP contribution in [0.25, 0.3) is 11.5 Å². The number of nitrogens with zero attached hydrogens (tertiary/aromatic N) is 2. The van der Waals surface area contributed by atoms with Gasteiger partial charge in [-0.25, -0.2) is 0 Å². The topological polar surface area (TPSA) is 59.0 Å². The minimum absolute atomic E-state index is 0.298. The van der Waals surface area contributed by atoms with Crippen LogP contribution in [0, 0.1) is 18.3 Å². The Labute approximate surface area is 151 Å². The monoisotopic (exact) mass is 350 g/mol. The maximum atomic E-state index is 9.34. The molecule has 0 radical (unpaired) electrons. The number of hydrogen-bond acceptors (Lipinski definition) is 5. The Kier molecular flexibility index (Phi) is 5.42. The van der Waals surface area contributed by atoms with Gasteiger partial charge in [-0.05, 0) is 61.5 Å². The van der Waals surface area contributed by atoms with Crippen molar-refractivity contribution >= 4 is 11.8 Å². The van der Waals surface area contributed by atoms with Gasteiger partial charge >= 0.3 is 0 Å². The van der Waals surface area contributed by atoms with Gasteiger partial charge in [-0.3, -0.25) is 0 Å². The van der Waals surface area contributed by atoms with E-state index in [4.69, 9.17) is 9.15 Å². The van der Waals surface area contributed by atoms with E-state index in [-0.39, 0.29) is 0 Å². The number of oxazole rings is 1. The predicted octanol–water partition coefficient (Wildman–Crippen LogP) is 5.46. The van der Waals surface area contributed by atoms with Gasteiger partial charge in [0.25, 0.3) is 0 Å². The summed E-state index contributed by atoms with van der Waals surface area (Å²) in [6.07, 6.45) is 0.965. The van der Waals surface area contributed by atoms with Crippen molar-refractivity contribution in [2.24, 2.45) is 0 Å². The van der Waals surface area contributed by atoms with Crippen LogP contribution in [-0.2, 0) is 0 Å². The second kappa shape index (κ2) is 7.91. The molecule has 5 heteroatoms. The van der Waals surface area contributed by atoms with Gasteiger partial charge < -0.3 is 9.15 Å². The smallest absolute Gasteiger partial charge is 0.228 e. The maximum absolute atomic E-state index is 9.34. The molecule has 0 unspecified atom stereocenters. The Bertz CT molecular complexity index is 878. The van der Waals surface area contributed by atoms with E-state index < -0.39 is 0 Å². The number of ether oxygens (including phenoxy) is 1. The van der Waals surface area contributed by atoms with Crippen LogP contribution >= 0.6 is 11.8 Å². The molecule has 3 rings (SSSR count). The highest BCUT2D eigenvalue weighted by Crippen LogP contribution is 2.34. The van der Waals surface area contributed by atoms with E-state index in [0.29, 0.717) is 23.3 Å². The minimum Gasteiger partial charge on any atom is -0.494 e. The molecule has 0 aliphatic carbocycles. The molecule has 126 valence electrons. The van der Waals surface area contributed by atoms with Crippen molar-refractivity contribution in [3.05, 3.63) is 59.8 Å². The highest BCUT2D eigenvalue weighted by molar-refractivity contribution is 7.99. The van der Waals surface area contributed by atoms with E-state index in [1.807, 2.05) is 55.5 Å². The minimum atomic E-state index is 0.298. The summed E-state index contributed by atoms with van der Waals surface area (Å²) in [5.74, 6) is 1.25. The van der Waals surface area contributed by atoms with Gasteiger partial charge in [-0.2, -0.15) is 10.2 Å². The lowest BCUT2D eigenvalue weighted by atomic mass is 10.2. The number of aromatic nitrogens is 1. The normalized spacial score (nSPS) is 10.4. The quantitative estimate of drug-likeness (QED) is 0.590. The van der Waals surface area contributed by atoms with E-state index >= 15 is 0 Å². The summed E-state index contributed by atoms with van der Waals surface area (Å²) < 4.78 is 11.4. The third kappa shape index (κ3) is 4.23. The average Bonchev–Trinajstić information content (AvgIpc) is 3.05. The van der Waals surface area contributed by atoms with Gasteiger partial charge in [0.05, 0.1) is 6.61 Å². The zero-order chi connectivity index (χ0) is 17.6. The zero-order valence-corrected chi connectivity index (χ0v) is 15.0. The summed E-state index contributed by atoms with van der Waals surface area (Å²) in [6, 6.07) is 17.7. The van der Waals surface area contributed by atoms with E-state index in [1.54, 1.807) is 0 Å². The SMILES string of the molecule is CCCOc1ccc(-c2nc(C#N)c(Sc3ccc(C)cc3)o2)cc1. The van der Waals surface area contributed by atoms with Crippen molar-refractivity contribution in [1.82, 2.24) is 4.98 Å². The lowest BCUT2D eigenvalue weighted by Crippen LogP contribution is -1.94. The molecule has 0 bridgehead atoms. The molecular weight excluding hydrogens is 332 g/mol. The van der Waals surface area contributed by atoms with E-state index in [2.05, 4.69) is 18.0 Å². The van der Waals surface area contributed by atoms with Crippen molar-refractivity contribution in [3.8, 4) is 23.3 Å². The lowest BCUT2D eigenvalue weighted by molar-refractivity contribution is 0.317. The summed E-state index contributed by atoms with van der Waals surface area (Å²) in [5, 5.41) is 9.84. The third-order valence-electron chi connectivity index (χ3n) is 3.51. The zero-order valence-electron chi connectivity index (χ0n) is 14.2. The molecule has 2 aromatic carbocycles. The second-order valence-electron chi connectivity index (χ2n) is 5.55. The summed E-state index contributed by atoms with van der Waals surface area (Å²) in [6.45, 7) is 4.79. The largest absolute Gasteiger partial charge is 0.494 e. The van der Waals surface area contributed by atoms with Crippen LogP contribution in [0.3, 0.4) is 0 Å². The number of benzene rings is 2. The first kappa shape index (κ1) is 17.1. The van der Waals surface area contributed by atoms with Crippen LogP contribution in [0.2, 0.25) is 0 Å². The summed E-state index contributed by atoms with van der Waals surface area (Å²) in [7, 11) is 0. The maximum Gasteiger partial charge on any atom is 0.228 e. The summed E-state index contributed by atoms with van der Waals surface area (Å²) in [5.41, 5.74) is 2.30. The van der Waals surface area contributed by atoms with Crippen molar-refractivity contribution in [2.45, 2.75) is 30.3 Å². The molecule has 0 N–H and O–H groups in total. The molecule has 0 atom stereocenters.